The Bertz CT molecular complexity index is 1600. The van der Waals surface area contributed by atoms with E-state index in [4.69, 9.17) is 9.47 Å². The van der Waals surface area contributed by atoms with Gasteiger partial charge in [0.25, 0.3) is 5.91 Å². The maximum absolute atomic E-state index is 14.0. The molecule has 5 heteroatoms. The van der Waals surface area contributed by atoms with Gasteiger partial charge in [-0.1, -0.05) is 103 Å². The van der Waals surface area contributed by atoms with Gasteiger partial charge in [-0.3, -0.25) is 9.59 Å². The molecule has 0 saturated carbocycles. The van der Waals surface area contributed by atoms with E-state index in [9.17, 15) is 9.59 Å². The van der Waals surface area contributed by atoms with Crippen molar-refractivity contribution >= 4 is 11.9 Å². The van der Waals surface area contributed by atoms with Gasteiger partial charge in [-0.25, -0.2) is 0 Å². The average molecular weight is 598 g/mol. The number of nitrogens with zero attached hydrogens (tertiary/aromatic N) is 1. The van der Waals surface area contributed by atoms with E-state index in [-0.39, 0.29) is 17.8 Å². The molecule has 0 bridgehead atoms. The third-order valence-corrected chi connectivity index (χ3v) is 7.78. The van der Waals surface area contributed by atoms with Crippen LogP contribution in [0.3, 0.4) is 0 Å². The Morgan fingerprint density at radius 3 is 1.87 bits per heavy atom. The fourth-order valence-electron chi connectivity index (χ4n) is 5.52. The largest absolute Gasteiger partial charge is 0.489 e. The number of ether oxygens (including phenoxy) is 2. The molecule has 0 fully saturated rings. The van der Waals surface area contributed by atoms with Crippen LogP contribution in [0.4, 0.5) is 0 Å². The molecule has 45 heavy (non-hydrogen) atoms. The summed E-state index contributed by atoms with van der Waals surface area (Å²) in [5.74, 6) is 1.08. The summed E-state index contributed by atoms with van der Waals surface area (Å²) in [6, 6.07) is 46.0. The van der Waals surface area contributed by atoms with Crippen LogP contribution in [-0.4, -0.2) is 29.9 Å². The monoisotopic (exact) mass is 597 g/mol. The predicted molar refractivity (Wildman–Crippen MR) is 179 cm³/mol. The first-order valence-electron chi connectivity index (χ1n) is 15.5. The molecular formula is C40H39NO4. The molecule has 0 aliphatic heterocycles. The van der Waals surface area contributed by atoms with E-state index in [2.05, 4.69) is 48.5 Å². The highest BCUT2D eigenvalue weighted by Crippen LogP contribution is 2.29. The lowest BCUT2D eigenvalue weighted by molar-refractivity contribution is -0.131. The summed E-state index contributed by atoms with van der Waals surface area (Å²) in [6.07, 6.45) is 2.32. The van der Waals surface area contributed by atoms with E-state index in [0.29, 0.717) is 31.0 Å². The number of benzene rings is 5. The number of hydrogen-bond acceptors (Lipinski definition) is 4. The third kappa shape index (κ3) is 9.41. The van der Waals surface area contributed by atoms with Crippen molar-refractivity contribution in [3.05, 3.63) is 167 Å². The minimum atomic E-state index is -0.341. The molecule has 0 saturated heterocycles. The molecule has 0 aromatic heterocycles. The normalized spacial score (nSPS) is 10.8. The molecular weight excluding hydrogens is 558 g/mol. The van der Waals surface area contributed by atoms with Crippen LogP contribution in [0.15, 0.2) is 140 Å². The van der Waals surface area contributed by atoms with Gasteiger partial charge in [0, 0.05) is 31.5 Å². The number of esters is 1. The molecule has 0 spiro atoms. The average Bonchev–Trinajstić information content (AvgIpc) is 3.08. The molecule has 0 aliphatic carbocycles. The lowest BCUT2D eigenvalue weighted by Gasteiger charge is -2.26. The van der Waals surface area contributed by atoms with Gasteiger partial charge < -0.3 is 14.4 Å². The van der Waals surface area contributed by atoms with Gasteiger partial charge in [0.2, 0.25) is 0 Å². The van der Waals surface area contributed by atoms with Crippen LogP contribution in [0.1, 0.15) is 58.3 Å². The summed E-state index contributed by atoms with van der Waals surface area (Å²) >= 11 is 0. The second-order valence-electron chi connectivity index (χ2n) is 11.1. The van der Waals surface area contributed by atoms with Gasteiger partial charge in [-0.15, -0.1) is 0 Å². The summed E-state index contributed by atoms with van der Waals surface area (Å²) in [4.78, 5) is 27.4. The van der Waals surface area contributed by atoms with Crippen molar-refractivity contribution in [1.29, 1.82) is 0 Å². The summed E-state index contributed by atoms with van der Waals surface area (Å²) in [5, 5.41) is 0. The minimum absolute atomic E-state index is 0.00172. The van der Waals surface area contributed by atoms with E-state index >= 15 is 0 Å². The van der Waals surface area contributed by atoms with Crippen LogP contribution >= 0.6 is 0 Å². The smallest absolute Gasteiger partial charge is 0.308 e. The number of hydrogen-bond donors (Lipinski definition) is 0. The zero-order chi connectivity index (χ0) is 31.3. The maximum atomic E-state index is 14.0. The Morgan fingerprint density at radius 2 is 1.24 bits per heavy atom. The molecule has 0 atom stereocenters. The number of carbonyl (C=O) groups is 2. The number of carbonyl (C=O) groups excluding carboxylic acids is 2. The molecule has 1 amide bonds. The molecule has 5 rings (SSSR count). The molecule has 0 N–H and O–H groups in total. The van der Waals surface area contributed by atoms with Gasteiger partial charge in [0.15, 0.2) is 0 Å². The van der Waals surface area contributed by atoms with Crippen molar-refractivity contribution in [3.63, 3.8) is 0 Å². The Morgan fingerprint density at radius 1 is 0.644 bits per heavy atom. The lowest BCUT2D eigenvalue weighted by atomic mass is 9.88. The summed E-state index contributed by atoms with van der Waals surface area (Å²) in [6.45, 7) is 3.07. The van der Waals surface area contributed by atoms with Gasteiger partial charge in [-0.05, 0) is 77.9 Å². The van der Waals surface area contributed by atoms with E-state index < -0.39 is 0 Å². The van der Waals surface area contributed by atoms with Crippen molar-refractivity contribution < 1.29 is 19.1 Å². The van der Waals surface area contributed by atoms with Crippen molar-refractivity contribution in [2.24, 2.45) is 0 Å². The Balaban J connectivity index is 1.30. The predicted octanol–water partition coefficient (Wildman–Crippen LogP) is 8.49. The fourth-order valence-corrected chi connectivity index (χ4v) is 5.52. The van der Waals surface area contributed by atoms with Gasteiger partial charge >= 0.3 is 5.97 Å². The first-order valence-corrected chi connectivity index (χ1v) is 15.5. The van der Waals surface area contributed by atoms with Crippen LogP contribution < -0.4 is 9.47 Å². The first-order chi connectivity index (χ1) is 22.0. The first kappa shape index (κ1) is 31.3. The molecule has 5 nitrogen and oxygen atoms in total. The topological polar surface area (TPSA) is 55.8 Å². The zero-order valence-corrected chi connectivity index (χ0v) is 25.7. The van der Waals surface area contributed by atoms with E-state index in [1.165, 1.54) is 18.1 Å². The van der Waals surface area contributed by atoms with E-state index in [0.717, 1.165) is 36.1 Å². The van der Waals surface area contributed by atoms with Crippen LogP contribution in [0.5, 0.6) is 11.5 Å². The molecule has 5 aromatic rings. The molecule has 0 radical (unpaired) electrons. The van der Waals surface area contributed by atoms with Crippen molar-refractivity contribution in [1.82, 2.24) is 4.90 Å². The highest BCUT2D eigenvalue weighted by atomic mass is 16.5. The zero-order valence-electron chi connectivity index (χ0n) is 25.7. The Labute approximate surface area is 266 Å². The van der Waals surface area contributed by atoms with Crippen molar-refractivity contribution in [2.75, 3.05) is 13.1 Å². The number of amides is 1. The highest BCUT2D eigenvalue weighted by molar-refractivity contribution is 5.94. The third-order valence-electron chi connectivity index (χ3n) is 7.78. The Kier molecular flexibility index (Phi) is 11.2. The van der Waals surface area contributed by atoms with Crippen LogP contribution in [0.2, 0.25) is 0 Å². The second-order valence-corrected chi connectivity index (χ2v) is 11.1. The Hall–Kier alpha value is -5.16. The minimum Gasteiger partial charge on any atom is -0.489 e. The van der Waals surface area contributed by atoms with Crippen molar-refractivity contribution in [3.8, 4) is 11.5 Å². The number of aryl methyl sites for hydroxylation is 1. The summed E-state index contributed by atoms with van der Waals surface area (Å²) < 4.78 is 11.2. The van der Waals surface area contributed by atoms with Crippen molar-refractivity contribution in [2.45, 2.75) is 38.7 Å². The van der Waals surface area contributed by atoms with Gasteiger partial charge in [-0.2, -0.15) is 0 Å². The van der Waals surface area contributed by atoms with Crippen LogP contribution in [0.25, 0.3) is 0 Å². The molecule has 5 aromatic carbocycles. The highest BCUT2D eigenvalue weighted by Gasteiger charge is 2.20. The van der Waals surface area contributed by atoms with Crippen LogP contribution in [-0.2, 0) is 17.8 Å². The van der Waals surface area contributed by atoms with Gasteiger partial charge in [0.05, 0.1) is 0 Å². The number of rotatable bonds is 14. The summed E-state index contributed by atoms with van der Waals surface area (Å²) in [7, 11) is 0. The molecule has 228 valence electrons. The van der Waals surface area contributed by atoms with Crippen LogP contribution in [0, 0.1) is 0 Å². The van der Waals surface area contributed by atoms with Gasteiger partial charge in [0.1, 0.15) is 18.1 Å². The second kappa shape index (κ2) is 16.1. The standard InChI is InChI=1S/C40H39NO4/c1-31(42)45-38-21-11-15-32(29-38)16-12-27-41(28-26-39(34-17-7-3-8-18-34)35-19-9-4-10-20-35)40(43)36-22-24-37(25-23-36)44-30-33-13-5-2-6-14-33/h2-11,13-15,17-25,29,39H,12,16,26-28,30H2,1H3. The summed E-state index contributed by atoms with van der Waals surface area (Å²) in [5.41, 5.74) is 5.26. The van der Waals surface area contributed by atoms with E-state index in [1.807, 2.05) is 89.8 Å². The fraction of sp³-hybridized carbons (Fsp3) is 0.200. The quantitative estimate of drug-likeness (QED) is 0.0952. The maximum Gasteiger partial charge on any atom is 0.308 e. The van der Waals surface area contributed by atoms with E-state index in [1.54, 1.807) is 6.07 Å². The molecule has 0 unspecified atom stereocenters. The lowest BCUT2D eigenvalue weighted by Crippen LogP contribution is -2.34. The molecule has 0 aliphatic rings. The molecule has 0 heterocycles. The SMILES string of the molecule is CC(=O)Oc1cccc(CCCN(CCC(c2ccccc2)c2ccccc2)C(=O)c2ccc(OCc3ccccc3)cc2)c1.